The van der Waals surface area contributed by atoms with Crippen LogP contribution >= 0.6 is 23.8 Å². The lowest BCUT2D eigenvalue weighted by Gasteiger charge is -2.33. The molecular formula is C19H18ClF3N2S. The smallest absolute Gasteiger partial charge is 0.353 e. The van der Waals surface area contributed by atoms with Crippen LogP contribution in [0.5, 0.6) is 0 Å². The number of hydrogen-bond donors (Lipinski definition) is 2. The van der Waals surface area contributed by atoms with E-state index in [4.69, 9.17) is 23.8 Å². The topological polar surface area (TPSA) is 24.1 Å². The van der Waals surface area contributed by atoms with Gasteiger partial charge in [0.2, 0.25) is 0 Å². The summed E-state index contributed by atoms with van der Waals surface area (Å²) in [5.74, 6) is 0. The van der Waals surface area contributed by atoms with Gasteiger partial charge in [0.15, 0.2) is 5.11 Å². The fourth-order valence-electron chi connectivity index (χ4n) is 3.37. The van der Waals surface area contributed by atoms with Crippen molar-refractivity contribution in [1.29, 1.82) is 0 Å². The summed E-state index contributed by atoms with van der Waals surface area (Å²) in [7, 11) is 0. The summed E-state index contributed by atoms with van der Waals surface area (Å²) in [6.45, 7) is 0. The normalized spacial score (nSPS) is 16.3. The van der Waals surface area contributed by atoms with Crippen molar-refractivity contribution in [2.45, 2.75) is 37.4 Å². The second-order valence-electron chi connectivity index (χ2n) is 6.45. The van der Waals surface area contributed by atoms with Gasteiger partial charge in [-0.05, 0) is 67.0 Å². The predicted molar refractivity (Wildman–Crippen MR) is 102 cm³/mol. The Morgan fingerprint density at radius 1 is 1.04 bits per heavy atom. The van der Waals surface area contributed by atoms with E-state index in [1.807, 2.05) is 0 Å². The summed E-state index contributed by atoms with van der Waals surface area (Å²) in [4.78, 5) is 0. The standard InChI is InChI=1S/C19H18ClF3N2S/c20-15-6-8-16(9-7-15)24-17(26)25-18(10-1-2-11-18)13-4-3-5-14(12-13)19(21,22)23/h3-9,12H,1-2,10-11H2,(H2,24,25,26). The van der Waals surface area contributed by atoms with Gasteiger partial charge < -0.3 is 10.6 Å². The Morgan fingerprint density at radius 2 is 1.69 bits per heavy atom. The quantitative estimate of drug-likeness (QED) is 0.609. The molecule has 0 radical (unpaired) electrons. The summed E-state index contributed by atoms with van der Waals surface area (Å²) in [5, 5.41) is 7.34. The van der Waals surface area contributed by atoms with E-state index in [2.05, 4.69) is 10.6 Å². The van der Waals surface area contributed by atoms with E-state index >= 15 is 0 Å². The van der Waals surface area contributed by atoms with Crippen LogP contribution in [0.3, 0.4) is 0 Å². The first-order valence-electron chi connectivity index (χ1n) is 8.31. The van der Waals surface area contributed by atoms with Crippen molar-refractivity contribution < 1.29 is 13.2 Å². The van der Waals surface area contributed by atoms with Crippen molar-refractivity contribution >= 4 is 34.6 Å². The number of hydrogen-bond acceptors (Lipinski definition) is 1. The van der Waals surface area contributed by atoms with Gasteiger partial charge in [0.1, 0.15) is 0 Å². The lowest BCUT2D eigenvalue weighted by molar-refractivity contribution is -0.137. The average Bonchev–Trinajstić information content (AvgIpc) is 3.06. The van der Waals surface area contributed by atoms with Gasteiger partial charge >= 0.3 is 6.18 Å². The first-order valence-corrected chi connectivity index (χ1v) is 9.10. The van der Waals surface area contributed by atoms with Crippen molar-refractivity contribution in [3.05, 3.63) is 64.7 Å². The van der Waals surface area contributed by atoms with Gasteiger partial charge in [0, 0.05) is 10.7 Å². The van der Waals surface area contributed by atoms with Crippen LogP contribution in [0.25, 0.3) is 0 Å². The van der Waals surface area contributed by atoms with Crippen molar-refractivity contribution in [3.8, 4) is 0 Å². The molecule has 0 amide bonds. The minimum absolute atomic E-state index is 0.381. The summed E-state index contributed by atoms with van der Waals surface area (Å²) in [6.07, 6.45) is -1.02. The third kappa shape index (κ3) is 4.30. The Morgan fingerprint density at radius 3 is 2.31 bits per heavy atom. The molecule has 26 heavy (non-hydrogen) atoms. The highest BCUT2D eigenvalue weighted by molar-refractivity contribution is 7.80. The Hall–Kier alpha value is -1.79. The Kier molecular flexibility index (Phi) is 5.44. The molecular weight excluding hydrogens is 381 g/mol. The van der Waals surface area contributed by atoms with E-state index < -0.39 is 17.3 Å². The molecule has 2 aromatic carbocycles. The highest BCUT2D eigenvalue weighted by Crippen LogP contribution is 2.41. The molecule has 1 fully saturated rings. The van der Waals surface area contributed by atoms with Gasteiger partial charge in [-0.25, -0.2) is 0 Å². The molecule has 1 aliphatic rings. The zero-order chi connectivity index (χ0) is 18.8. The van der Waals surface area contributed by atoms with Crippen LogP contribution in [-0.2, 0) is 11.7 Å². The lowest BCUT2D eigenvalue weighted by atomic mass is 9.87. The number of anilines is 1. The zero-order valence-electron chi connectivity index (χ0n) is 13.9. The molecule has 0 aliphatic heterocycles. The molecule has 0 unspecified atom stereocenters. The van der Waals surface area contributed by atoms with E-state index in [1.54, 1.807) is 30.3 Å². The second-order valence-corrected chi connectivity index (χ2v) is 7.30. The van der Waals surface area contributed by atoms with E-state index in [1.165, 1.54) is 12.1 Å². The first kappa shape index (κ1) is 19.0. The third-order valence-corrected chi connectivity index (χ3v) is 5.11. The largest absolute Gasteiger partial charge is 0.416 e. The van der Waals surface area contributed by atoms with Crippen LogP contribution in [0.15, 0.2) is 48.5 Å². The predicted octanol–water partition coefficient (Wildman–Crippen LogP) is 6.11. The highest BCUT2D eigenvalue weighted by atomic mass is 35.5. The molecule has 0 saturated heterocycles. The fraction of sp³-hybridized carbons (Fsp3) is 0.316. The van der Waals surface area contributed by atoms with Crippen LogP contribution in [0.1, 0.15) is 36.8 Å². The third-order valence-electron chi connectivity index (χ3n) is 4.65. The van der Waals surface area contributed by atoms with Crippen molar-refractivity contribution in [1.82, 2.24) is 5.32 Å². The Labute approximate surface area is 160 Å². The maximum atomic E-state index is 13.1. The molecule has 0 atom stereocenters. The molecule has 2 nitrogen and oxygen atoms in total. The van der Waals surface area contributed by atoms with E-state index in [0.29, 0.717) is 15.7 Å². The lowest BCUT2D eigenvalue weighted by Crippen LogP contribution is -2.45. The van der Waals surface area contributed by atoms with Gasteiger partial charge in [0.25, 0.3) is 0 Å². The molecule has 0 heterocycles. The summed E-state index contributed by atoms with van der Waals surface area (Å²) in [6, 6.07) is 12.6. The molecule has 2 N–H and O–H groups in total. The van der Waals surface area contributed by atoms with Gasteiger partial charge in [-0.1, -0.05) is 36.6 Å². The molecule has 3 rings (SSSR count). The van der Waals surface area contributed by atoms with E-state index in [0.717, 1.165) is 37.4 Å². The van der Waals surface area contributed by atoms with Crippen LogP contribution < -0.4 is 10.6 Å². The summed E-state index contributed by atoms with van der Waals surface area (Å²) in [5.41, 5.74) is 0.159. The molecule has 2 aromatic rings. The summed E-state index contributed by atoms with van der Waals surface area (Å²) < 4.78 is 39.3. The summed E-state index contributed by atoms with van der Waals surface area (Å²) >= 11 is 11.3. The average molecular weight is 399 g/mol. The highest BCUT2D eigenvalue weighted by Gasteiger charge is 2.38. The van der Waals surface area contributed by atoms with Crippen LogP contribution in [0, 0.1) is 0 Å². The minimum atomic E-state index is -4.36. The van der Waals surface area contributed by atoms with Crippen LogP contribution in [0.2, 0.25) is 5.02 Å². The number of nitrogens with one attached hydrogen (secondary N) is 2. The minimum Gasteiger partial charge on any atom is -0.353 e. The number of halogens is 4. The Bertz CT molecular complexity index is 784. The molecule has 1 aliphatic carbocycles. The monoisotopic (exact) mass is 398 g/mol. The number of rotatable bonds is 3. The molecule has 1 saturated carbocycles. The van der Waals surface area contributed by atoms with E-state index in [-0.39, 0.29) is 0 Å². The van der Waals surface area contributed by atoms with E-state index in [9.17, 15) is 13.2 Å². The van der Waals surface area contributed by atoms with Gasteiger partial charge in [-0.2, -0.15) is 13.2 Å². The van der Waals surface area contributed by atoms with Crippen LogP contribution in [0.4, 0.5) is 18.9 Å². The zero-order valence-corrected chi connectivity index (χ0v) is 15.4. The number of thiocarbonyl (C=S) groups is 1. The fourth-order valence-corrected chi connectivity index (χ4v) is 3.81. The second kappa shape index (κ2) is 7.45. The molecule has 0 spiro atoms. The molecule has 0 aromatic heterocycles. The van der Waals surface area contributed by atoms with Gasteiger partial charge in [0.05, 0.1) is 11.1 Å². The van der Waals surface area contributed by atoms with Crippen LogP contribution in [-0.4, -0.2) is 5.11 Å². The van der Waals surface area contributed by atoms with Crippen molar-refractivity contribution in [2.24, 2.45) is 0 Å². The SMILES string of the molecule is FC(F)(F)c1cccc(C2(NC(=S)Nc3ccc(Cl)cc3)CCCC2)c1. The first-order chi connectivity index (χ1) is 12.3. The van der Waals surface area contributed by atoms with Crippen molar-refractivity contribution in [3.63, 3.8) is 0 Å². The molecule has 0 bridgehead atoms. The molecule has 138 valence electrons. The maximum absolute atomic E-state index is 13.1. The van der Waals surface area contributed by atoms with Crippen molar-refractivity contribution in [2.75, 3.05) is 5.32 Å². The molecule has 7 heteroatoms. The van der Waals surface area contributed by atoms with Gasteiger partial charge in [-0.15, -0.1) is 0 Å². The maximum Gasteiger partial charge on any atom is 0.416 e. The number of benzene rings is 2. The number of alkyl halides is 3. The van der Waals surface area contributed by atoms with Gasteiger partial charge in [-0.3, -0.25) is 0 Å². The Balaban J connectivity index is 1.82.